The maximum Gasteiger partial charge on any atom is 0.315 e. The van der Waals surface area contributed by atoms with Crippen molar-refractivity contribution in [3.63, 3.8) is 0 Å². The molecule has 1 heterocycles. The molecule has 1 aliphatic rings. The summed E-state index contributed by atoms with van der Waals surface area (Å²) >= 11 is 5.79. The molecule has 0 radical (unpaired) electrons. The Morgan fingerprint density at radius 3 is 2.57 bits per heavy atom. The molecule has 3 amide bonds. The average molecular weight is 361 g/mol. The average Bonchev–Trinajstić information content (AvgIpc) is 3.01. The summed E-state index contributed by atoms with van der Waals surface area (Å²) in [6, 6.07) is 6.84. The highest BCUT2D eigenvalue weighted by atomic mass is 35.5. The lowest BCUT2D eigenvalue weighted by Gasteiger charge is -2.16. The number of carbonyl (C=O) groups excluding carboxylic acids is 2. The molecule has 1 fully saturated rings. The number of benzene rings is 1. The number of hydrogen-bond acceptors (Lipinski definition) is 3. The van der Waals surface area contributed by atoms with Gasteiger partial charge in [0.15, 0.2) is 0 Å². The van der Waals surface area contributed by atoms with Crippen molar-refractivity contribution in [2.24, 2.45) is 11.7 Å². The van der Waals surface area contributed by atoms with Crippen molar-refractivity contribution < 1.29 is 9.59 Å². The standard InChI is InChI=1S/C15H21ClN4O2.ClH/c16-13-3-1-11(2-4-13)8-18-15(22)19-9-14(21)20-6-5-12(7-17)10-20;/h1-4,12H,5-10,17H2,(H2,18,19,22);1H. The Kier molecular flexibility index (Phi) is 8.16. The van der Waals surface area contributed by atoms with Gasteiger partial charge in [-0.15, -0.1) is 12.4 Å². The zero-order valence-corrected chi connectivity index (χ0v) is 14.3. The third-order valence-corrected chi connectivity index (χ3v) is 3.99. The molecule has 1 aliphatic heterocycles. The van der Waals surface area contributed by atoms with Crippen LogP contribution in [-0.4, -0.2) is 43.0 Å². The van der Waals surface area contributed by atoms with Crippen LogP contribution in [0.15, 0.2) is 24.3 Å². The number of hydrogen-bond donors (Lipinski definition) is 3. The molecule has 8 heteroatoms. The van der Waals surface area contributed by atoms with Gasteiger partial charge < -0.3 is 21.3 Å². The van der Waals surface area contributed by atoms with Crippen molar-refractivity contribution in [3.05, 3.63) is 34.9 Å². The number of nitrogens with zero attached hydrogens (tertiary/aromatic N) is 1. The minimum absolute atomic E-state index is 0. The highest BCUT2D eigenvalue weighted by Gasteiger charge is 2.25. The second-order valence-corrected chi connectivity index (χ2v) is 5.83. The van der Waals surface area contributed by atoms with E-state index in [2.05, 4.69) is 10.6 Å². The molecular weight excluding hydrogens is 339 g/mol. The molecule has 23 heavy (non-hydrogen) atoms. The summed E-state index contributed by atoms with van der Waals surface area (Å²) in [4.78, 5) is 25.4. The lowest BCUT2D eigenvalue weighted by Crippen LogP contribution is -2.43. The van der Waals surface area contributed by atoms with Crippen LogP contribution >= 0.6 is 24.0 Å². The van der Waals surface area contributed by atoms with E-state index in [0.29, 0.717) is 30.6 Å². The summed E-state index contributed by atoms with van der Waals surface area (Å²) in [5.41, 5.74) is 6.54. The third-order valence-electron chi connectivity index (χ3n) is 3.74. The van der Waals surface area contributed by atoms with Crippen LogP contribution in [0.4, 0.5) is 4.79 Å². The van der Waals surface area contributed by atoms with Gasteiger partial charge in [0.2, 0.25) is 5.91 Å². The Morgan fingerprint density at radius 1 is 1.26 bits per heavy atom. The molecule has 0 spiro atoms. The number of halogens is 2. The molecule has 0 aliphatic carbocycles. The first kappa shape index (κ1) is 19.5. The van der Waals surface area contributed by atoms with Crippen LogP contribution < -0.4 is 16.4 Å². The fraction of sp³-hybridized carbons (Fsp3) is 0.467. The minimum atomic E-state index is -0.363. The first-order valence-electron chi connectivity index (χ1n) is 7.32. The molecule has 0 saturated carbocycles. The smallest absolute Gasteiger partial charge is 0.315 e. The van der Waals surface area contributed by atoms with Crippen LogP contribution in [0.2, 0.25) is 5.02 Å². The zero-order chi connectivity index (χ0) is 15.9. The second-order valence-electron chi connectivity index (χ2n) is 5.39. The second kappa shape index (κ2) is 9.60. The van der Waals surface area contributed by atoms with E-state index in [-0.39, 0.29) is 30.9 Å². The van der Waals surface area contributed by atoms with Gasteiger partial charge >= 0.3 is 6.03 Å². The highest BCUT2D eigenvalue weighted by molar-refractivity contribution is 6.30. The molecule has 128 valence electrons. The van der Waals surface area contributed by atoms with Gasteiger partial charge in [-0.1, -0.05) is 23.7 Å². The first-order chi connectivity index (χ1) is 10.6. The van der Waals surface area contributed by atoms with Crippen LogP contribution in [0.3, 0.4) is 0 Å². The van der Waals surface area contributed by atoms with Crippen LogP contribution in [-0.2, 0) is 11.3 Å². The van der Waals surface area contributed by atoms with E-state index in [1.807, 2.05) is 12.1 Å². The Morgan fingerprint density at radius 2 is 1.96 bits per heavy atom. The molecule has 1 aromatic rings. The molecule has 1 saturated heterocycles. The third kappa shape index (κ3) is 6.25. The van der Waals surface area contributed by atoms with Crippen molar-refractivity contribution in [1.29, 1.82) is 0 Å². The van der Waals surface area contributed by atoms with Crippen LogP contribution in [0, 0.1) is 5.92 Å². The number of nitrogens with two attached hydrogens (primary N) is 1. The van der Waals surface area contributed by atoms with E-state index >= 15 is 0 Å². The van der Waals surface area contributed by atoms with Crippen LogP contribution in [0.1, 0.15) is 12.0 Å². The van der Waals surface area contributed by atoms with E-state index in [1.54, 1.807) is 17.0 Å². The molecule has 1 atom stereocenters. The van der Waals surface area contributed by atoms with E-state index < -0.39 is 0 Å². The van der Waals surface area contributed by atoms with Gasteiger partial charge in [0.1, 0.15) is 0 Å². The summed E-state index contributed by atoms with van der Waals surface area (Å²) in [5.74, 6) is 0.306. The van der Waals surface area contributed by atoms with Gasteiger partial charge in [-0.3, -0.25) is 4.79 Å². The number of carbonyl (C=O) groups is 2. The summed E-state index contributed by atoms with van der Waals surface area (Å²) in [7, 11) is 0. The summed E-state index contributed by atoms with van der Waals surface area (Å²) in [6.45, 7) is 2.39. The Labute approximate surface area is 147 Å². The summed E-state index contributed by atoms with van der Waals surface area (Å²) in [6.07, 6.45) is 0.936. The van der Waals surface area contributed by atoms with Crippen molar-refractivity contribution in [2.45, 2.75) is 13.0 Å². The maximum atomic E-state index is 12.0. The largest absolute Gasteiger partial charge is 0.341 e. The molecule has 0 aromatic heterocycles. The van der Waals surface area contributed by atoms with Crippen molar-refractivity contribution >= 4 is 35.9 Å². The SMILES string of the molecule is Cl.NCC1CCN(C(=O)CNC(=O)NCc2ccc(Cl)cc2)C1. The molecular formula is C15H22Cl2N4O2. The number of amides is 3. The highest BCUT2D eigenvalue weighted by Crippen LogP contribution is 2.14. The van der Waals surface area contributed by atoms with Crippen LogP contribution in [0.5, 0.6) is 0 Å². The fourth-order valence-electron chi connectivity index (χ4n) is 2.37. The number of nitrogens with one attached hydrogen (secondary N) is 2. The summed E-state index contributed by atoms with van der Waals surface area (Å²) < 4.78 is 0. The molecule has 2 rings (SSSR count). The van der Waals surface area contributed by atoms with Crippen LogP contribution in [0.25, 0.3) is 0 Å². The van der Waals surface area contributed by atoms with E-state index in [4.69, 9.17) is 17.3 Å². The van der Waals surface area contributed by atoms with Gasteiger partial charge in [0.05, 0.1) is 6.54 Å². The van der Waals surface area contributed by atoms with Gasteiger partial charge in [0.25, 0.3) is 0 Å². The minimum Gasteiger partial charge on any atom is -0.341 e. The van der Waals surface area contributed by atoms with Crippen molar-refractivity contribution in [3.8, 4) is 0 Å². The lowest BCUT2D eigenvalue weighted by molar-refractivity contribution is -0.129. The molecule has 1 aromatic carbocycles. The number of likely N-dealkylation sites (tertiary alicyclic amines) is 1. The Balaban J connectivity index is 0.00000264. The maximum absolute atomic E-state index is 12.0. The molecule has 1 unspecified atom stereocenters. The van der Waals surface area contributed by atoms with Crippen molar-refractivity contribution in [1.82, 2.24) is 15.5 Å². The topological polar surface area (TPSA) is 87.5 Å². The van der Waals surface area contributed by atoms with Gasteiger partial charge in [-0.25, -0.2) is 4.79 Å². The summed E-state index contributed by atoms with van der Waals surface area (Å²) in [5, 5.41) is 5.93. The predicted octanol–water partition coefficient (Wildman–Crippen LogP) is 1.37. The monoisotopic (exact) mass is 360 g/mol. The lowest BCUT2D eigenvalue weighted by atomic mass is 10.1. The van der Waals surface area contributed by atoms with Gasteiger partial charge in [0, 0.05) is 24.7 Å². The number of rotatable bonds is 5. The number of urea groups is 1. The zero-order valence-electron chi connectivity index (χ0n) is 12.8. The van der Waals surface area contributed by atoms with Gasteiger partial charge in [-0.05, 0) is 36.6 Å². The van der Waals surface area contributed by atoms with Crippen molar-refractivity contribution in [2.75, 3.05) is 26.2 Å². The first-order valence-corrected chi connectivity index (χ1v) is 7.70. The normalized spacial score (nSPS) is 16.6. The fourth-order valence-corrected chi connectivity index (χ4v) is 2.49. The molecule has 0 bridgehead atoms. The van der Waals surface area contributed by atoms with Gasteiger partial charge in [-0.2, -0.15) is 0 Å². The Bertz CT molecular complexity index is 525. The van der Waals surface area contributed by atoms with E-state index in [9.17, 15) is 9.59 Å². The predicted molar refractivity (Wildman–Crippen MR) is 92.7 cm³/mol. The van der Waals surface area contributed by atoms with E-state index in [0.717, 1.165) is 18.5 Å². The molecule has 4 N–H and O–H groups in total. The Hall–Kier alpha value is -1.50. The van der Waals surface area contributed by atoms with E-state index in [1.165, 1.54) is 0 Å². The molecule has 6 nitrogen and oxygen atoms in total. The quantitative estimate of drug-likeness (QED) is 0.740.